The highest BCUT2D eigenvalue weighted by Gasteiger charge is 2.28. The summed E-state index contributed by atoms with van der Waals surface area (Å²) < 4.78 is 5.74. The van der Waals surface area contributed by atoms with Gasteiger partial charge in [-0.2, -0.15) is 0 Å². The maximum absolute atomic E-state index is 12.8. The number of benzene rings is 2. The lowest BCUT2D eigenvalue weighted by Gasteiger charge is -2.34. The van der Waals surface area contributed by atoms with Gasteiger partial charge in [-0.15, -0.1) is 0 Å². The Morgan fingerprint density at radius 3 is 2.48 bits per heavy atom. The molecule has 1 amide bonds. The highest BCUT2D eigenvalue weighted by atomic mass is 16.5. The fourth-order valence-electron chi connectivity index (χ4n) is 3.51. The number of hydrogen-bond donors (Lipinski definition) is 1. The topological polar surface area (TPSA) is 49.8 Å². The fourth-order valence-corrected chi connectivity index (χ4v) is 3.51. The van der Waals surface area contributed by atoms with Crippen molar-refractivity contribution < 1.29 is 14.6 Å². The molecule has 4 nitrogen and oxygen atoms in total. The van der Waals surface area contributed by atoms with Gasteiger partial charge in [0.1, 0.15) is 5.75 Å². The number of aliphatic hydroxyl groups is 1. The van der Waals surface area contributed by atoms with Crippen LogP contribution in [0.1, 0.15) is 48.7 Å². The minimum atomic E-state index is -0.462. The Kier molecular flexibility index (Phi) is 6.51. The van der Waals surface area contributed by atoms with Crippen molar-refractivity contribution >= 4 is 5.91 Å². The molecule has 0 aromatic heterocycles. The highest BCUT2D eigenvalue weighted by molar-refractivity contribution is 5.94. The molecule has 1 heterocycles. The molecule has 0 bridgehead atoms. The zero-order valence-electron chi connectivity index (χ0n) is 16.2. The lowest BCUT2D eigenvalue weighted by atomic mass is 9.87. The summed E-state index contributed by atoms with van der Waals surface area (Å²) in [5, 5.41) is 10.6. The van der Waals surface area contributed by atoms with Crippen molar-refractivity contribution in [1.82, 2.24) is 4.90 Å². The van der Waals surface area contributed by atoms with Gasteiger partial charge in [0.25, 0.3) is 5.91 Å². The van der Waals surface area contributed by atoms with Crippen LogP contribution in [-0.2, 0) is 0 Å². The Morgan fingerprint density at radius 1 is 1.11 bits per heavy atom. The van der Waals surface area contributed by atoms with E-state index in [0.29, 0.717) is 31.2 Å². The van der Waals surface area contributed by atoms with Gasteiger partial charge in [-0.3, -0.25) is 4.79 Å². The van der Waals surface area contributed by atoms with Crippen LogP contribution in [0.5, 0.6) is 5.75 Å². The SMILES string of the molecule is CC(C)COc1cccc(C(=O)N2CCC(C(O)c3ccccc3)CC2)c1. The van der Waals surface area contributed by atoms with Crippen LogP contribution in [0.4, 0.5) is 0 Å². The molecule has 0 spiro atoms. The van der Waals surface area contributed by atoms with Gasteiger partial charge < -0.3 is 14.7 Å². The van der Waals surface area contributed by atoms with Crippen LogP contribution in [-0.4, -0.2) is 35.6 Å². The summed E-state index contributed by atoms with van der Waals surface area (Å²) in [4.78, 5) is 14.7. The van der Waals surface area contributed by atoms with E-state index in [9.17, 15) is 9.90 Å². The van der Waals surface area contributed by atoms with Crippen LogP contribution in [0.15, 0.2) is 54.6 Å². The summed E-state index contributed by atoms with van der Waals surface area (Å²) in [6.07, 6.45) is 1.16. The molecule has 1 fully saturated rings. The third-order valence-corrected chi connectivity index (χ3v) is 5.08. The van der Waals surface area contributed by atoms with E-state index in [-0.39, 0.29) is 11.8 Å². The molecule has 4 heteroatoms. The standard InChI is InChI=1S/C23H29NO3/c1-17(2)16-27-21-10-6-9-20(15-21)23(26)24-13-11-19(12-14-24)22(25)18-7-4-3-5-8-18/h3-10,15,17,19,22,25H,11-14,16H2,1-2H3. The van der Waals surface area contributed by atoms with Crippen LogP contribution in [0.25, 0.3) is 0 Å². The van der Waals surface area contributed by atoms with Gasteiger partial charge in [0.2, 0.25) is 0 Å². The van der Waals surface area contributed by atoms with Gasteiger partial charge >= 0.3 is 0 Å². The van der Waals surface area contributed by atoms with Crippen molar-refractivity contribution in [2.24, 2.45) is 11.8 Å². The van der Waals surface area contributed by atoms with E-state index in [0.717, 1.165) is 24.2 Å². The summed E-state index contributed by atoms with van der Waals surface area (Å²) in [6, 6.07) is 17.2. The van der Waals surface area contributed by atoms with Crippen LogP contribution in [0, 0.1) is 11.8 Å². The molecule has 27 heavy (non-hydrogen) atoms. The van der Waals surface area contributed by atoms with Crippen LogP contribution >= 0.6 is 0 Å². The lowest BCUT2D eigenvalue weighted by molar-refractivity contribution is 0.0462. The number of amides is 1. The Morgan fingerprint density at radius 2 is 1.81 bits per heavy atom. The number of carbonyl (C=O) groups excluding carboxylic acids is 1. The van der Waals surface area contributed by atoms with E-state index in [2.05, 4.69) is 13.8 Å². The molecule has 1 atom stereocenters. The first-order chi connectivity index (χ1) is 13.0. The van der Waals surface area contributed by atoms with E-state index in [1.54, 1.807) is 0 Å². The highest BCUT2D eigenvalue weighted by Crippen LogP contribution is 2.31. The van der Waals surface area contributed by atoms with Crippen molar-refractivity contribution in [2.75, 3.05) is 19.7 Å². The number of likely N-dealkylation sites (tertiary alicyclic amines) is 1. The molecular weight excluding hydrogens is 338 g/mol. The van der Waals surface area contributed by atoms with Crippen LogP contribution in [0.2, 0.25) is 0 Å². The van der Waals surface area contributed by atoms with Crippen molar-refractivity contribution in [3.8, 4) is 5.75 Å². The van der Waals surface area contributed by atoms with Gasteiger partial charge in [0.15, 0.2) is 0 Å². The average Bonchev–Trinajstić information content (AvgIpc) is 2.72. The largest absolute Gasteiger partial charge is 0.493 e. The second-order valence-electron chi connectivity index (χ2n) is 7.72. The van der Waals surface area contributed by atoms with Gasteiger partial charge in [-0.05, 0) is 48.4 Å². The van der Waals surface area contributed by atoms with E-state index in [4.69, 9.17) is 4.74 Å². The van der Waals surface area contributed by atoms with Gasteiger partial charge in [0.05, 0.1) is 12.7 Å². The first-order valence-corrected chi connectivity index (χ1v) is 9.79. The van der Waals surface area contributed by atoms with Gasteiger partial charge in [-0.1, -0.05) is 50.2 Å². The Hall–Kier alpha value is -2.33. The van der Waals surface area contributed by atoms with E-state index >= 15 is 0 Å². The molecule has 1 N–H and O–H groups in total. The predicted molar refractivity (Wildman–Crippen MR) is 107 cm³/mol. The molecule has 1 unspecified atom stereocenters. The number of ether oxygens (including phenoxy) is 1. The molecule has 1 aliphatic rings. The number of rotatable bonds is 6. The Labute approximate surface area is 161 Å². The molecular formula is C23H29NO3. The van der Waals surface area contributed by atoms with Gasteiger partial charge in [-0.25, -0.2) is 0 Å². The fraction of sp³-hybridized carbons (Fsp3) is 0.435. The smallest absolute Gasteiger partial charge is 0.253 e. The molecule has 2 aromatic rings. The molecule has 0 radical (unpaired) electrons. The van der Waals surface area contributed by atoms with Crippen molar-refractivity contribution in [2.45, 2.75) is 32.8 Å². The number of nitrogens with zero attached hydrogens (tertiary/aromatic N) is 1. The second kappa shape index (κ2) is 9.05. The van der Waals surface area contributed by atoms with Crippen molar-refractivity contribution in [3.05, 3.63) is 65.7 Å². The van der Waals surface area contributed by atoms with E-state index in [1.165, 1.54) is 0 Å². The minimum absolute atomic E-state index is 0.0395. The molecule has 3 rings (SSSR count). The lowest BCUT2D eigenvalue weighted by Crippen LogP contribution is -2.39. The summed E-state index contributed by atoms with van der Waals surface area (Å²) in [5.74, 6) is 1.41. The van der Waals surface area contributed by atoms with Crippen molar-refractivity contribution in [1.29, 1.82) is 0 Å². The van der Waals surface area contributed by atoms with Crippen LogP contribution in [0.3, 0.4) is 0 Å². The Bertz CT molecular complexity index is 736. The van der Waals surface area contributed by atoms with Crippen molar-refractivity contribution in [3.63, 3.8) is 0 Å². The number of hydrogen-bond acceptors (Lipinski definition) is 3. The average molecular weight is 367 g/mol. The molecule has 1 aliphatic heterocycles. The zero-order valence-corrected chi connectivity index (χ0v) is 16.2. The van der Waals surface area contributed by atoms with Crippen LogP contribution < -0.4 is 4.74 Å². The van der Waals surface area contributed by atoms with E-state index < -0.39 is 6.10 Å². The molecule has 0 aliphatic carbocycles. The quantitative estimate of drug-likeness (QED) is 0.828. The number of aliphatic hydroxyl groups excluding tert-OH is 1. The summed E-state index contributed by atoms with van der Waals surface area (Å²) in [7, 11) is 0. The molecule has 144 valence electrons. The zero-order chi connectivity index (χ0) is 19.2. The maximum atomic E-state index is 12.8. The predicted octanol–water partition coefficient (Wildman–Crippen LogP) is 4.31. The third kappa shape index (κ3) is 5.10. The first kappa shape index (κ1) is 19.4. The van der Waals surface area contributed by atoms with E-state index in [1.807, 2.05) is 59.5 Å². The summed E-state index contributed by atoms with van der Waals surface area (Å²) in [6.45, 7) is 6.18. The molecule has 2 aromatic carbocycles. The monoisotopic (exact) mass is 367 g/mol. The normalized spacial score (nSPS) is 16.4. The minimum Gasteiger partial charge on any atom is -0.493 e. The van der Waals surface area contributed by atoms with Gasteiger partial charge in [0, 0.05) is 18.7 Å². The number of carbonyl (C=O) groups is 1. The summed E-state index contributed by atoms with van der Waals surface area (Å²) in [5.41, 5.74) is 1.62. The molecule has 0 saturated carbocycles. The first-order valence-electron chi connectivity index (χ1n) is 9.79. The maximum Gasteiger partial charge on any atom is 0.253 e. The Balaban J connectivity index is 1.58. The third-order valence-electron chi connectivity index (χ3n) is 5.08. The molecule has 1 saturated heterocycles. The summed E-state index contributed by atoms with van der Waals surface area (Å²) >= 11 is 0. The number of piperidine rings is 1. The second-order valence-corrected chi connectivity index (χ2v) is 7.72.